The lowest BCUT2D eigenvalue weighted by Gasteiger charge is -2.54. The van der Waals surface area contributed by atoms with E-state index in [1.165, 1.54) is 56.1 Å². The standard InChI is InChI=1S/C28H41N7O/c1-19-13-25(22(14-29)26(30-3)32-19)34-12-7-24-23(16-34)20(2)33-35(24)17-28-10-8-27(9-11-28,18-36-28)31-15-21-5-4-6-21/h13-14,21,29,31H,4-12,15-18H2,1-3H3,(H,30,32). The Balaban J connectivity index is 1.17. The second-order valence-electron chi connectivity index (χ2n) is 11.7. The van der Waals surface area contributed by atoms with Gasteiger partial charge in [0.1, 0.15) is 5.82 Å². The van der Waals surface area contributed by atoms with E-state index < -0.39 is 0 Å². The molecule has 8 heteroatoms. The highest BCUT2D eigenvalue weighted by Gasteiger charge is 2.50. The molecule has 0 radical (unpaired) electrons. The summed E-state index contributed by atoms with van der Waals surface area (Å²) in [5.74, 6) is 1.66. The van der Waals surface area contributed by atoms with Crippen LogP contribution < -0.4 is 15.5 Å². The van der Waals surface area contributed by atoms with E-state index in [4.69, 9.17) is 15.2 Å². The Bertz CT molecular complexity index is 1130. The van der Waals surface area contributed by atoms with Gasteiger partial charge in [0.25, 0.3) is 0 Å². The molecule has 3 aliphatic heterocycles. The van der Waals surface area contributed by atoms with Gasteiger partial charge in [-0.1, -0.05) is 6.42 Å². The molecule has 2 aromatic rings. The molecule has 3 N–H and O–H groups in total. The maximum atomic E-state index is 8.01. The molecular formula is C28H41N7O. The highest BCUT2D eigenvalue weighted by atomic mass is 16.5. The van der Waals surface area contributed by atoms with E-state index in [2.05, 4.69) is 38.2 Å². The maximum absolute atomic E-state index is 8.01. The van der Waals surface area contributed by atoms with Crippen LogP contribution in [0.15, 0.2) is 6.07 Å². The van der Waals surface area contributed by atoms with E-state index in [0.29, 0.717) is 0 Å². The molecule has 7 rings (SSSR count). The van der Waals surface area contributed by atoms with Crippen molar-refractivity contribution in [3.8, 4) is 0 Å². The topological polar surface area (TPSA) is 91.1 Å². The molecule has 2 aromatic heterocycles. The number of rotatable bonds is 8. The van der Waals surface area contributed by atoms with Crippen LogP contribution in [0.3, 0.4) is 0 Å². The Hall–Kier alpha value is -2.45. The van der Waals surface area contributed by atoms with Gasteiger partial charge in [0.15, 0.2) is 0 Å². The monoisotopic (exact) mass is 491 g/mol. The predicted octanol–water partition coefficient (Wildman–Crippen LogP) is 3.97. The molecule has 4 fully saturated rings. The van der Waals surface area contributed by atoms with Crippen LogP contribution in [0, 0.1) is 25.2 Å². The van der Waals surface area contributed by atoms with Gasteiger partial charge in [-0.2, -0.15) is 5.10 Å². The molecule has 0 aromatic carbocycles. The second-order valence-corrected chi connectivity index (χ2v) is 11.7. The summed E-state index contributed by atoms with van der Waals surface area (Å²) < 4.78 is 8.92. The summed E-state index contributed by atoms with van der Waals surface area (Å²) in [7, 11) is 1.87. The van der Waals surface area contributed by atoms with Crippen LogP contribution in [0.25, 0.3) is 0 Å². The van der Waals surface area contributed by atoms with Crippen molar-refractivity contribution in [2.75, 3.05) is 37.0 Å². The van der Waals surface area contributed by atoms with Crippen LogP contribution >= 0.6 is 0 Å². The van der Waals surface area contributed by atoms with Gasteiger partial charge >= 0.3 is 0 Å². The van der Waals surface area contributed by atoms with E-state index in [0.717, 1.165) is 79.9 Å². The fraction of sp³-hybridized carbons (Fsp3) is 0.679. The van der Waals surface area contributed by atoms with Gasteiger partial charge < -0.3 is 25.7 Å². The fourth-order valence-electron chi connectivity index (χ4n) is 6.79. The number of aryl methyl sites for hydroxylation is 2. The molecule has 2 aliphatic carbocycles. The van der Waals surface area contributed by atoms with Crippen molar-refractivity contribution in [2.24, 2.45) is 5.92 Å². The van der Waals surface area contributed by atoms with Gasteiger partial charge in [0.2, 0.25) is 0 Å². The zero-order valence-electron chi connectivity index (χ0n) is 22.1. The van der Waals surface area contributed by atoms with Crippen LogP contribution in [-0.4, -0.2) is 58.9 Å². The van der Waals surface area contributed by atoms with Crippen LogP contribution in [-0.2, 0) is 24.2 Å². The largest absolute Gasteiger partial charge is 0.373 e. The normalized spacial score (nSPS) is 27.6. The van der Waals surface area contributed by atoms with Crippen molar-refractivity contribution in [2.45, 2.75) is 89.4 Å². The highest BCUT2D eigenvalue weighted by molar-refractivity contribution is 5.92. The first-order chi connectivity index (χ1) is 17.4. The average Bonchev–Trinajstić information content (AvgIpc) is 3.17. The molecule has 194 valence electrons. The van der Waals surface area contributed by atoms with E-state index in [9.17, 15) is 0 Å². The Morgan fingerprint density at radius 1 is 1.22 bits per heavy atom. The highest BCUT2D eigenvalue weighted by Crippen LogP contribution is 2.45. The van der Waals surface area contributed by atoms with Crippen molar-refractivity contribution in [1.29, 1.82) is 5.41 Å². The van der Waals surface area contributed by atoms with Gasteiger partial charge in [-0.15, -0.1) is 0 Å². The van der Waals surface area contributed by atoms with Crippen LogP contribution in [0.2, 0.25) is 0 Å². The Labute approximate surface area is 214 Å². The SMILES string of the molecule is CNc1nc(C)cc(N2CCc3c(c(C)nn3CC34CCC(NCC5CCC5)(CC3)CO4)C2)c1C=N. The summed E-state index contributed by atoms with van der Waals surface area (Å²) >= 11 is 0. The van der Waals surface area contributed by atoms with E-state index >= 15 is 0 Å². The lowest BCUT2D eigenvalue weighted by atomic mass is 9.70. The van der Waals surface area contributed by atoms with Crippen molar-refractivity contribution < 1.29 is 4.74 Å². The lowest BCUT2D eigenvalue weighted by molar-refractivity contribution is -0.171. The van der Waals surface area contributed by atoms with E-state index in [-0.39, 0.29) is 11.1 Å². The van der Waals surface area contributed by atoms with Gasteiger partial charge in [0.05, 0.1) is 35.7 Å². The van der Waals surface area contributed by atoms with Crippen molar-refractivity contribution in [1.82, 2.24) is 20.1 Å². The number of nitrogens with zero attached hydrogens (tertiary/aromatic N) is 4. The second kappa shape index (κ2) is 9.14. The van der Waals surface area contributed by atoms with Gasteiger partial charge in [-0.05, 0) is 70.9 Å². The molecule has 2 saturated heterocycles. The third-order valence-electron chi connectivity index (χ3n) is 9.42. The minimum atomic E-state index is -0.0689. The quantitative estimate of drug-likeness (QED) is 0.484. The summed E-state index contributed by atoms with van der Waals surface area (Å²) in [5, 5.41) is 20.1. The molecule has 0 spiro atoms. The number of pyridine rings is 1. The number of nitrogens with one attached hydrogen (secondary N) is 3. The summed E-state index contributed by atoms with van der Waals surface area (Å²) in [6.07, 6.45) is 11.3. The predicted molar refractivity (Wildman–Crippen MR) is 143 cm³/mol. The summed E-state index contributed by atoms with van der Waals surface area (Å²) in [6, 6.07) is 2.11. The average molecular weight is 492 g/mol. The minimum absolute atomic E-state index is 0.0689. The molecule has 0 unspecified atom stereocenters. The number of anilines is 2. The van der Waals surface area contributed by atoms with Gasteiger partial charge in [-0.25, -0.2) is 4.98 Å². The van der Waals surface area contributed by atoms with Gasteiger partial charge in [-0.3, -0.25) is 4.68 Å². The number of hydrogen-bond donors (Lipinski definition) is 3. The first kappa shape index (κ1) is 23.9. The molecule has 5 heterocycles. The molecule has 0 atom stereocenters. The Morgan fingerprint density at radius 2 is 2.03 bits per heavy atom. The fourth-order valence-corrected chi connectivity index (χ4v) is 6.79. The van der Waals surface area contributed by atoms with E-state index in [1.54, 1.807) is 0 Å². The number of ether oxygens (including phenoxy) is 1. The van der Waals surface area contributed by atoms with Crippen molar-refractivity contribution in [3.63, 3.8) is 0 Å². The molecule has 8 nitrogen and oxygen atoms in total. The number of aromatic nitrogens is 3. The molecule has 0 amide bonds. The molecule has 2 saturated carbocycles. The summed E-state index contributed by atoms with van der Waals surface area (Å²) in [4.78, 5) is 6.96. The van der Waals surface area contributed by atoms with Gasteiger partial charge in [0, 0.05) is 55.3 Å². The van der Waals surface area contributed by atoms with Crippen LogP contribution in [0.1, 0.15) is 73.2 Å². The maximum Gasteiger partial charge on any atom is 0.136 e. The number of fused-ring (bicyclic) bond motifs is 4. The van der Waals surface area contributed by atoms with E-state index in [1.807, 2.05) is 14.0 Å². The Kier molecular flexibility index (Phi) is 6.07. The molecular weight excluding hydrogens is 450 g/mol. The van der Waals surface area contributed by atoms with Crippen molar-refractivity contribution >= 4 is 17.7 Å². The third kappa shape index (κ3) is 4.12. The Morgan fingerprint density at radius 3 is 2.67 bits per heavy atom. The third-order valence-corrected chi connectivity index (χ3v) is 9.42. The summed E-state index contributed by atoms with van der Waals surface area (Å²) in [5.41, 5.74) is 6.83. The summed E-state index contributed by atoms with van der Waals surface area (Å²) in [6.45, 7) is 8.77. The minimum Gasteiger partial charge on any atom is -0.373 e. The van der Waals surface area contributed by atoms with Crippen molar-refractivity contribution in [3.05, 3.63) is 34.3 Å². The lowest BCUT2D eigenvalue weighted by Crippen LogP contribution is -2.63. The van der Waals surface area contributed by atoms with Crippen LogP contribution in [0.5, 0.6) is 0 Å². The molecule has 5 aliphatic rings. The smallest absolute Gasteiger partial charge is 0.136 e. The molecule has 36 heavy (non-hydrogen) atoms. The zero-order chi connectivity index (χ0) is 24.9. The van der Waals surface area contributed by atoms with Crippen LogP contribution in [0.4, 0.5) is 11.5 Å². The first-order valence-corrected chi connectivity index (χ1v) is 13.8. The zero-order valence-corrected chi connectivity index (χ0v) is 22.1. The first-order valence-electron chi connectivity index (χ1n) is 13.8. The number of hydrogen-bond acceptors (Lipinski definition) is 7. The molecule has 2 bridgehead atoms.